The monoisotopic (exact) mass is 514 g/mol. The molecular weight excluding hydrogens is 479 g/mol. The summed E-state index contributed by atoms with van der Waals surface area (Å²) in [5, 5.41) is 23.5. The van der Waals surface area contributed by atoms with Gasteiger partial charge < -0.3 is 25.4 Å². The minimum atomic E-state index is -1.15. The average molecular weight is 515 g/mol. The molecule has 0 fully saturated rings. The zero-order chi connectivity index (χ0) is 26.0. The molecule has 37 heavy (non-hydrogen) atoms. The zero-order valence-corrected chi connectivity index (χ0v) is 21.1. The summed E-state index contributed by atoms with van der Waals surface area (Å²) in [4.78, 5) is 26.9. The molecule has 0 amide bonds. The molecule has 4 rings (SSSR count). The SMILES string of the molecule is COCC(F)CN(CCCCc1ccc2c(n1)NCCC2)CCC(Nc1ncnc2[nH]ncc12)C(=O)O. The lowest BCUT2D eigenvalue weighted by Gasteiger charge is -2.26. The molecule has 3 aromatic rings. The molecule has 0 radical (unpaired) electrons. The van der Waals surface area contributed by atoms with E-state index in [9.17, 15) is 14.3 Å². The van der Waals surface area contributed by atoms with Gasteiger partial charge >= 0.3 is 5.97 Å². The summed E-state index contributed by atoms with van der Waals surface area (Å²) in [6.45, 7) is 2.21. The number of hydrogen-bond acceptors (Lipinski definition) is 9. The fourth-order valence-corrected chi connectivity index (χ4v) is 4.57. The van der Waals surface area contributed by atoms with Crippen LogP contribution in [0.25, 0.3) is 11.0 Å². The van der Waals surface area contributed by atoms with Crippen LogP contribution in [-0.4, -0.2) is 93.2 Å². The maximum Gasteiger partial charge on any atom is 0.326 e. The van der Waals surface area contributed by atoms with Gasteiger partial charge in [0.05, 0.1) is 18.2 Å². The predicted molar refractivity (Wildman–Crippen MR) is 139 cm³/mol. The Hall–Kier alpha value is -3.38. The van der Waals surface area contributed by atoms with Crippen molar-refractivity contribution in [1.82, 2.24) is 30.0 Å². The van der Waals surface area contributed by atoms with Crippen LogP contribution >= 0.6 is 0 Å². The number of carboxylic acid groups (broad SMARTS) is 1. The minimum Gasteiger partial charge on any atom is -0.480 e. The van der Waals surface area contributed by atoms with Crippen molar-refractivity contribution in [1.29, 1.82) is 0 Å². The normalized spacial score (nSPS) is 14.8. The van der Waals surface area contributed by atoms with Crippen molar-refractivity contribution < 1.29 is 19.0 Å². The first-order valence-corrected chi connectivity index (χ1v) is 12.7. The lowest BCUT2D eigenvalue weighted by Crippen LogP contribution is -2.38. The molecule has 0 saturated carbocycles. The molecule has 2 atom stereocenters. The fourth-order valence-electron chi connectivity index (χ4n) is 4.57. The summed E-state index contributed by atoms with van der Waals surface area (Å²) < 4.78 is 19.4. The zero-order valence-electron chi connectivity index (χ0n) is 21.1. The molecule has 200 valence electrons. The van der Waals surface area contributed by atoms with Gasteiger partial charge in [0.1, 0.15) is 30.2 Å². The number of H-pyrrole nitrogens is 1. The smallest absolute Gasteiger partial charge is 0.326 e. The van der Waals surface area contributed by atoms with Gasteiger partial charge in [0, 0.05) is 32.4 Å². The molecule has 0 saturated heterocycles. The number of unbranched alkanes of at least 4 members (excludes halogenated alkanes) is 1. The number of aromatic nitrogens is 5. The Balaban J connectivity index is 1.31. The second-order valence-corrected chi connectivity index (χ2v) is 9.33. The number of alkyl halides is 1. The number of aromatic amines is 1. The van der Waals surface area contributed by atoms with Crippen LogP contribution in [0.1, 0.15) is 36.9 Å². The molecule has 1 aliphatic rings. The predicted octanol–water partition coefficient (Wildman–Crippen LogP) is 2.67. The van der Waals surface area contributed by atoms with Crippen molar-refractivity contribution in [3.63, 3.8) is 0 Å². The molecular formula is C25H35FN8O3. The van der Waals surface area contributed by atoms with Gasteiger partial charge in [-0.1, -0.05) is 6.07 Å². The Morgan fingerprint density at radius 2 is 2.19 bits per heavy atom. The molecule has 3 aromatic heterocycles. The number of halogens is 1. The summed E-state index contributed by atoms with van der Waals surface area (Å²) in [5.41, 5.74) is 2.84. The van der Waals surface area contributed by atoms with Crippen LogP contribution in [0.3, 0.4) is 0 Å². The van der Waals surface area contributed by atoms with E-state index in [0.717, 1.165) is 50.2 Å². The van der Waals surface area contributed by atoms with Crippen LogP contribution in [0.4, 0.5) is 16.0 Å². The van der Waals surface area contributed by atoms with Crippen LogP contribution in [-0.2, 0) is 22.4 Å². The van der Waals surface area contributed by atoms with Gasteiger partial charge in [-0.05, 0) is 56.7 Å². The van der Waals surface area contributed by atoms with Gasteiger partial charge in [-0.2, -0.15) is 5.10 Å². The van der Waals surface area contributed by atoms with E-state index in [-0.39, 0.29) is 19.6 Å². The molecule has 12 heteroatoms. The topological polar surface area (TPSA) is 141 Å². The van der Waals surface area contributed by atoms with Crippen LogP contribution in [0.5, 0.6) is 0 Å². The number of carboxylic acids is 1. The summed E-state index contributed by atoms with van der Waals surface area (Å²) in [5.74, 6) is 0.386. The minimum absolute atomic E-state index is 0.00254. The van der Waals surface area contributed by atoms with Gasteiger partial charge in [0.15, 0.2) is 5.65 Å². The molecule has 0 bridgehead atoms. The second-order valence-electron chi connectivity index (χ2n) is 9.33. The number of pyridine rings is 1. The van der Waals surface area contributed by atoms with Crippen LogP contribution in [0, 0.1) is 0 Å². The lowest BCUT2D eigenvalue weighted by atomic mass is 10.1. The van der Waals surface area contributed by atoms with E-state index >= 15 is 0 Å². The van der Waals surface area contributed by atoms with Crippen molar-refractivity contribution in [2.75, 3.05) is 50.5 Å². The molecule has 4 heterocycles. The molecule has 0 spiro atoms. The Morgan fingerprint density at radius 3 is 3.03 bits per heavy atom. The van der Waals surface area contributed by atoms with Crippen molar-refractivity contribution in [3.8, 4) is 0 Å². The van der Waals surface area contributed by atoms with Gasteiger partial charge in [-0.25, -0.2) is 24.1 Å². The van der Waals surface area contributed by atoms with E-state index in [1.165, 1.54) is 19.0 Å². The van der Waals surface area contributed by atoms with Gasteiger partial charge in [-0.15, -0.1) is 0 Å². The number of carbonyl (C=O) groups is 1. The van der Waals surface area contributed by atoms with Crippen LogP contribution in [0.15, 0.2) is 24.7 Å². The van der Waals surface area contributed by atoms with E-state index in [2.05, 4.69) is 42.9 Å². The molecule has 1 aliphatic heterocycles. The highest BCUT2D eigenvalue weighted by atomic mass is 19.1. The molecule has 0 aromatic carbocycles. The number of aliphatic carboxylic acids is 1. The van der Waals surface area contributed by atoms with Gasteiger partial charge in [0.25, 0.3) is 0 Å². The van der Waals surface area contributed by atoms with Crippen molar-refractivity contribution in [2.45, 2.75) is 50.7 Å². The van der Waals surface area contributed by atoms with Crippen molar-refractivity contribution >= 4 is 28.6 Å². The number of aryl methyl sites for hydroxylation is 2. The van der Waals surface area contributed by atoms with Crippen molar-refractivity contribution in [2.24, 2.45) is 0 Å². The van der Waals surface area contributed by atoms with E-state index < -0.39 is 18.2 Å². The summed E-state index contributed by atoms with van der Waals surface area (Å²) in [7, 11) is 1.47. The highest BCUT2D eigenvalue weighted by molar-refractivity contribution is 5.88. The fraction of sp³-hybridized carbons (Fsp3) is 0.560. The van der Waals surface area contributed by atoms with E-state index in [0.29, 0.717) is 29.9 Å². The first-order chi connectivity index (χ1) is 18.0. The number of nitrogens with zero attached hydrogens (tertiary/aromatic N) is 5. The van der Waals surface area contributed by atoms with E-state index in [1.807, 2.05) is 4.90 Å². The average Bonchev–Trinajstić information content (AvgIpc) is 3.38. The van der Waals surface area contributed by atoms with Crippen LogP contribution < -0.4 is 10.6 Å². The third-order valence-electron chi connectivity index (χ3n) is 6.50. The number of nitrogens with one attached hydrogen (secondary N) is 3. The van der Waals surface area contributed by atoms with Crippen LogP contribution in [0.2, 0.25) is 0 Å². The third kappa shape index (κ3) is 7.56. The van der Waals surface area contributed by atoms with E-state index in [1.54, 1.807) is 6.20 Å². The maximum atomic E-state index is 14.4. The second kappa shape index (κ2) is 13.2. The highest BCUT2D eigenvalue weighted by Crippen LogP contribution is 2.21. The third-order valence-corrected chi connectivity index (χ3v) is 6.50. The van der Waals surface area contributed by atoms with Gasteiger partial charge in [0.2, 0.25) is 0 Å². The highest BCUT2D eigenvalue weighted by Gasteiger charge is 2.22. The molecule has 4 N–H and O–H groups in total. The summed E-state index contributed by atoms with van der Waals surface area (Å²) in [6.07, 6.45) is 6.81. The Morgan fingerprint density at radius 1 is 1.30 bits per heavy atom. The molecule has 0 aliphatic carbocycles. The van der Waals surface area contributed by atoms with E-state index in [4.69, 9.17) is 9.72 Å². The summed E-state index contributed by atoms with van der Waals surface area (Å²) >= 11 is 0. The largest absolute Gasteiger partial charge is 0.480 e. The lowest BCUT2D eigenvalue weighted by molar-refractivity contribution is -0.138. The maximum absolute atomic E-state index is 14.4. The standard InChI is InChI=1S/C25H35FN8O3/c1-37-15-18(26)14-34(11-3-2-6-19-8-7-17-5-4-10-27-22(17)31-19)12-9-21(25(35)36)32-23-20-13-30-33-24(20)29-16-28-23/h7-8,13,16,18,21H,2-6,9-12,14-15H2,1H3,(H,27,31)(H,35,36)(H2,28,29,30,32,33). The number of methoxy groups -OCH3 is 1. The first-order valence-electron chi connectivity index (χ1n) is 12.7. The quantitative estimate of drug-likeness (QED) is 0.224. The number of hydrogen-bond donors (Lipinski definition) is 4. The number of fused-ring (bicyclic) bond motifs is 2. The van der Waals surface area contributed by atoms with Crippen molar-refractivity contribution in [3.05, 3.63) is 35.9 Å². The Labute approximate surface area is 215 Å². The number of rotatable bonds is 15. The molecule has 2 unspecified atom stereocenters. The molecule has 11 nitrogen and oxygen atoms in total. The number of ether oxygens (including phenoxy) is 1. The van der Waals surface area contributed by atoms with Gasteiger partial charge in [-0.3, -0.25) is 5.10 Å². The Kier molecular flexibility index (Phi) is 9.55. The number of anilines is 2. The Bertz CT molecular complexity index is 1160. The first kappa shape index (κ1) is 26.7. The summed E-state index contributed by atoms with van der Waals surface area (Å²) in [6, 6.07) is 3.35.